The van der Waals surface area contributed by atoms with Crippen molar-refractivity contribution in [3.8, 4) is 5.75 Å². The van der Waals surface area contributed by atoms with Crippen LogP contribution in [0.2, 0.25) is 0 Å². The summed E-state index contributed by atoms with van der Waals surface area (Å²) < 4.78 is 5.43. The van der Waals surface area contributed by atoms with Crippen molar-refractivity contribution in [1.82, 2.24) is 15.3 Å². The molecule has 106 valence electrons. The van der Waals surface area contributed by atoms with E-state index >= 15 is 0 Å². The Morgan fingerprint density at radius 2 is 1.76 bits per heavy atom. The molecule has 0 aliphatic carbocycles. The van der Waals surface area contributed by atoms with E-state index in [2.05, 4.69) is 27.4 Å². The molecule has 1 aromatic carbocycles. The zero-order valence-corrected chi connectivity index (χ0v) is 12.1. The van der Waals surface area contributed by atoms with Crippen molar-refractivity contribution < 1.29 is 4.74 Å². The first-order valence-electron chi connectivity index (χ1n) is 6.85. The molecular weight excluding hydrogens is 262 g/mol. The summed E-state index contributed by atoms with van der Waals surface area (Å²) in [6.07, 6.45) is 3.60. The highest BCUT2D eigenvalue weighted by Gasteiger charge is 2.21. The van der Waals surface area contributed by atoms with E-state index in [9.17, 15) is 0 Å². The van der Waals surface area contributed by atoms with Crippen LogP contribution in [-0.2, 0) is 0 Å². The minimum atomic E-state index is -0.118. The van der Waals surface area contributed by atoms with Crippen molar-refractivity contribution in [3.63, 3.8) is 0 Å². The molecule has 0 saturated carbocycles. The third-order valence-electron chi connectivity index (χ3n) is 3.56. The zero-order chi connectivity index (χ0) is 14.7. The first-order valence-corrected chi connectivity index (χ1v) is 6.85. The van der Waals surface area contributed by atoms with Crippen LogP contribution in [0.4, 0.5) is 0 Å². The molecule has 0 amide bonds. The van der Waals surface area contributed by atoms with E-state index in [0.29, 0.717) is 0 Å². The Labute approximate surface area is 123 Å². The predicted molar refractivity (Wildman–Crippen MR) is 83.4 cm³/mol. The van der Waals surface area contributed by atoms with Gasteiger partial charge < -0.3 is 10.1 Å². The standard InChI is InChI=1S/C17H17N3O/c1-18-17(16-14(21-2)8-5-10-19-16)15-13-7-4-3-6-12(13)9-11-20-15/h3-11,17-18H,1-2H3. The van der Waals surface area contributed by atoms with Gasteiger partial charge in [0.25, 0.3) is 0 Å². The lowest BCUT2D eigenvalue weighted by Crippen LogP contribution is -2.21. The minimum absolute atomic E-state index is 0.118. The van der Waals surface area contributed by atoms with E-state index in [1.165, 1.54) is 0 Å². The fourth-order valence-electron chi connectivity index (χ4n) is 2.57. The largest absolute Gasteiger partial charge is 0.495 e. The molecule has 2 heterocycles. The van der Waals surface area contributed by atoms with Gasteiger partial charge in [0.1, 0.15) is 11.4 Å². The summed E-state index contributed by atoms with van der Waals surface area (Å²) in [5.74, 6) is 0.756. The Bertz CT molecular complexity index is 752. The maximum Gasteiger partial charge on any atom is 0.142 e. The highest BCUT2D eigenvalue weighted by atomic mass is 16.5. The predicted octanol–water partition coefficient (Wildman–Crippen LogP) is 2.95. The summed E-state index contributed by atoms with van der Waals surface area (Å²) >= 11 is 0. The summed E-state index contributed by atoms with van der Waals surface area (Å²) in [5, 5.41) is 5.58. The highest BCUT2D eigenvalue weighted by molar-refractivity contribution is 5.85. The van der Waals surface area contributed by atoms with E-state index in [4.69, 9.17) is 4.74 Å². The third-order valence-corrected chi connectivity index (χ3v) is 3.56. The van der Waals surface area contributed by atoms with Crippen molar-refractivity contribution in [3.05, 3.63) is 66.2 Å². The van der Waals surface area contributed by atoms with E-state index in [0.717, 1.165) is 27.9 Å². The fourth-order valence-corrected chi connectivity index (χ4v) is 2.57. The second-order valence-corrected chi connectivity index (χ2v) is 4.73. The van der Waals surface area contributed by atoms with Crippen LogP contribution in [0.3, 0.4) is 0 Å². The molecule has 4 nitrogen and oxygen atoms in total. The molecule has 21 heavy (non-hydrogen) atoms. The number of aromatic nitrogens is 2. The van der Waals surface area contributed by atoms with Crippen LogP contribution in [0.5, 0.6) is 5.75 Å². The van der Waals surface area contributed by atoms with Gasteiger partial charge in [-0.25, -0.2) is 0 Å². The summed E-state index contributed by atoms with van der Waals surface area (Å²) in [6.45, 7) is 0. The van der Waals surface area contributed by atoms with Crippen molar-refractivity contribution in [2.45, 2.75) is 6.04 Å². The molecule has 0 bridgehead atoms. The molecule has 0 fully saturated rings. The van der Waals surface area contributed by atoms with E-state index in [1.807, 2.05) is 43.6 Å². The van der Waals surface area contributed by atoms with Gasteiger partial charge in [-0.3, -0.25) is 9.97 Å². The second kappa shape index (κ2) is 5.89. The van der Waals surface area contributed by atoms with Crippen LogP contribution >= 0.6 is 0 Å². The monoisotopic (exact) mass is 279 g/mol. The quantitative estimate of drug-likeness (QED) is 0.797. The van der Waals surface area contributed by atoms with Gasteiger partial charge in [-0.15, -0.1) is 0 Å². The number of pyridine rings is 2. The Kier molecular flexibility index (Phi) is 3.79. The van der Waals surface area contributed by atoms with Gasteiger partial charge in [0.2, 0.25) is 0 Å². The van der Waals surface area contributed by atoms with Crippen molar-refractivity contribution in [1.29, 1.82) is 0 Å². The number of hydrogen-bond acceptors (Lipinski definition) is 4. The third kappa shape index (κ3) is 2.45. The van der Waals surface area contributed by atoms with Crippen molar-refractivity contribution in [2.24, 2.45) is 0 Å². The summed E-state index contributed by atoms with van der Waals surface area (Å²) in [6, 6.07) is 13.9. The SMILES string of the molecule is CNC(c1ncccc1OC)c1nccc2ccccc12. The highest BCUT2D eigenvalue weighted by Crippen LogP contribution is 2.30. The van der Waals surface area contributed by atoms with E-state index in [1.54, 1.807) is 13.3 Å². The second-order valence-electron chi connectivity index (χ2n) is 4.73. The van der Waals surface area contributed by atoms with Crippen molar-refractivity contribution >= 4 is 10.8 Å². The molecule has 0 radical (unpaired) electrons. The van der Waals surface area contributed by atoms with Crippen LogP contribution in [0.1, 0.15) is 17.4 Å². The molecule has 3 aromatic rings. The minimum Gasteiger partial charge on any atom is -0.495 e. The Morgan fingerprint density at radius 1 is 0.952 bits per heavy atom. The van der Waals surface area contributed by atoms with Gasteiger partial charge >= 0.3 is 0 Å². The van der Waals surface area contributed by atoms with E-state index in [-0.39, 0.29) is 6.04 Å². The lowest BCUT2D eigenvalue weighted by molar-refractivity contribution is 0.401. The molecule has 0 spiro atoms. The molecule has 4 heteroatoms. The number of rotatable bonds is 4. The molecule has 1 atom stereocenters. The molecular formula is C17H17N3O. The number of methoxy groups -OCH3 is 1. The Morgan fingerprint density at radius 3 is 2.57 bits per heavy atom. The molecule has 1 N–H and O–H groups in total. The Hall–Kier alpha value is -2.46. The maximum atomic E-state index is 5.43. The van der Waals surface area contributed by atoms with Crippen LogP contribution in [0.15, 0.2) is 54.9 Å². The number of hydrogen-bond donors (Lipinski definition) is 1. The molecule has 2 aromatic heterocycles. The van der Waals surface area contributed by atoms with Crippen LogP contribution in [-0.4, -0.2) is 24.1 Å². The smallest absolute Gasteiger partial charge is 0.142 e. The van der Waals surface area contributed by atoms with Gasteiger partial charge in [-0.2, -0.15) is 0 Å². The number of nitrogens with zero attached hydrogens (tertiary/aromatic N) is 2. The normalized spacial score (nSPS) is 12.3. The number of benzene rings is 1. The lowest BCUT2D eigenvalue weighted by atomic mass is 10.0. The summed E-state index contributed by atoms with van der Waals surface area (Å²) in [7, 11) is 3.56. The first kappa shape index (κ1) is 13.5. The topological polar surface area (TPSA) is 47.0 Å². The molecule has 0 saturated heterocycles. The average molecular weight is 279 g/mol. The first-order chi connectivity index (χ1) is 10.3. The average Bonchev–Trinajstić information content (AvgIpc) is 2.56. The maximum absolute atomic E-state index is 5.43. The van der Waals surface area contributed by atoms with E-state index < -0.39 is 0 Å². The van der Waals surface area contributed by atoms with Crippen LogP contribution in [0, 0.1) is 0 Å². The zero-order valence-electron chi connectivity index (χ0n) is 12.1. The van der Waals surface area contributed by atoms with Gasteiger partial charge in [0.15, 0.2) is 0 Å². The van der Waals surface area contributed by atoms with Gasteiger partial charge in [0.05, 0.1) is 18.8 Å². The van der Waals surface area contributed by atoms with Crippen LogP contribution in [0.25, 0.3) is 10.8 Å². The van der Waals surface area contributed by atoms with Crippen LogP contribution < -0.4 is 10.1 Å². The molecule has 1 unspecified atom stereocenters. The van der Waals surface area contributed by atoms with Gasteiger partial charge in [0, 0.05) is 17.8 Å². The van der Waals surface area contributed by atoms with Gasteiger partial charge in [-0.05, 0) is 30.6 Å². The molecule has 0 aliphatic heterocycles. The summed E-state index contributed by atoms with van der Waals surface area (Å²) in [5.41, 5.74) is 1.79. The molecule has 0 aliphatic rings. The van der Waals surface area contributed by atoms with Gasteiger partial charge in [-0.1, -0.05) is 24.3 Å². The Balaban J connectivity index is 2.19. The number of ether oxygens (including phenoxy) is 1. The molecule has 3 rings (SSSR count). The summed E-state index contributed by atoms with van der Waals surface area (Å²) in [4.78, 5) is 9.05. The lowest BCUT2D eigenvalue weighted by Gasteiger charge is -2.19. The van der Waals surface area contributed by atoms with Crippen molar-refractivity contribution in [2.75, 3.05) is 14.2 Å². The number of fused-ring (bicyclic) bond motifs is 1. The fraction of sp³-hybridized carbons (Fsp3) is 0.176. The number of nitrogens with one attached hydrogen (secondary N) is 1.